The number of aryl methyl sites for hydroxylation is 3. The summed E-state index contributed by atoms with van der Waals surface area (Å²) in [6.07, 6.45) is 2.44. The van der Waals surface area contributed by atoms with Gasteiger partial charge in [-0.15, -0.1) is 0 Å². The molecule has 3 rings (SSSR count). The van der Waals surface area contributed by atoms with E-state index in [4.69, 9.17) is 14.8 Å². The first-order valence-electron chi connectivity index (χ1n) is 7.84. The van der Waals surface area contributed by atoms with Crippen LogP contribution in [0.2, 0.25) is 0 Å². The van der Waals surface area contributed by atoms with Gasteiger partial charge in [-0.2, -0.15) is 0 Å². The van der Waals surface area contributed by atoms with E-state index in [2.05, 4.69) is 0 Å². The van der Waals surface area contributed by atoms with Crippen LogP contribution in [0.4, 0.5) is 0 Å². The number of aromatic nitrogens is 2. The molecule has 1 N–H and O–H groups in total. The van der Waals surface area contributed by atoms with Crippen molar-refractivity contribution in [3.63, 3.8) is 0 Å². The topological polar surface area (TPSA) is 63.8 Å². The minimum absolute atomic E-state index is 0.0733. The molecule has 0 aliphatic carbocycles. The summed E-state index contributed by atoms with van der Waals surface area (Å²) in [5, 5.41) is 9.07. The number of pyridine rings is 1. The first-order chi connectivity index (χ1) is 11.5. The predicted molar refractivity (Wildman–Crippen MR) is 92.6 cm³/mol. The largest absolute Gasteiger partial charge is 0.496 e. The lowest BCUT2D eigenvalue weighted by atomic mass is 10.0. The van der Waals surface area contributed by atoms with Crippen molar-refractivity contribution in [3.05, 3.63) is 53.3 Å². The maximum atomic E-state index is 11.0. The van der Waals surface area contributed by atoms with Gasteiger partial charge < -0.3 is 14.2 Å². The van der Waals surface area contributed by atoms with Crippen molar-refractivity contribution in [2.75, 3.05) is 7.11 Å². The number of aliphatic carboxylic acids is 1. The van der Waals surface area contributed by atoms with E-state index >= 15 is 0 Å². The van der Waals surface area contributed by atoms with Crippen molar-refractivity contribution >= 4 is 11.6 Å². The Morgan fingerprint density at radius 3 is 2.71 bits per heavy atom. The van der Waals surface area contributed by atoms with Crippen LogP contribution in [-0.4, -0.2) is 27.6 Å². The van der Waals surface area contributed by atoms with Crippen molar-refractivity contribution in [1.29, 1.82) is 0 Å². The Bertz CT molecular complexity index is 912. The average molecular weight is 324 g/mol. The maximum Gasteiger partial charge on any atom is 0.303 e. The molecule has 0 aliphatic rings. The third-order valence-electron chi connectivity index (χ3n) is 4.19. The second-order valence-electron chi connectivity index (χ2n) is 5.87. The van der Waals surface area contributed by atoms with Gasteiger partial charge in [-0.3, -0.25) is 4.79 Å². The number of benzene rings is 1. The van der Waals surface area contributed by atoms with Gasteiger partial charge in [0.1, 0.15) is 11.4 Å². The highest BCUT2D eigenvalue weighted by Crippen LogP contribution is 2.30. The van der Waals surface area contributed by atoms with Gasteiger partial charge in [0.05, 0.1) is 24.9 Å². The molecule has 124 valence electrons. The van der Waals surface area contributed by atoms with Crippen LogP contribution in [0.1, 0.15) is 23.2 Å². The van der Waals surface area contributed by atoms with Crippen LogP contribution in [0, 0.1) is 13.8 Å². The normalized spacial score (nSPS) is 11.0. The second-order valence-corrected chi connectivity index (χ2v) is 5.87. The van der Waals surface area contributed by atoms with Gasteiger partial charge in [0, 0.05) is 18.2 Å². The van der Waals surface area contributed by atoms with Crippen LogP contribution in [0.25, 0.3) is 16.9 Å². The Labute approximate surface area is 140 Å². The molecule has 0 saturated heterocycles. The van der Waals surface area contributed by atoms with Gasteiger partial charge in [0.25, 0.3) is 0 Å². The molecule has 0 fully saturated rings. The maximum absolute atomic E-state index is 11.0. The number of carbonyl (C=O) groups is 1. The molecule has 1 aromatic carbocycles. The molecule has 3 aromatic rings. The molecule has 5 heteroatoms. The molecule has 0 amide bonds. The quantitative estimate of drug-likeness (QED) is 0.778. The predicted octanol–water partition coefficient (Wildman–Crippen LogP) is 3.64. The molecule has 0 bridgehead atoms. The fraction of sp³-hybridized carbons (Fsp3) is 0.263. The highest BCUT2D eigenvalue weighted by Gasteiger charge is 2.16. The molecule has 2 aromatic heterocycles. The van der Waals surface area contributed by atoms with Gasteiger partial charge in [-0.05, 0) is 49.2 Å². The Kier molecular flexibility index (Phi) is 4.25. The van der Waals surface area contributed by atoms with Crippen LogP contribution in [0.3, 0.4) is 0 Å². The molecule has 2 heterocycles. The standard InChI is InChI=1S/C19H20N2O3/c1-12-5-4-10-21-15(7-9-17(22)23)18(20-19(12)21)14-6-8-16(24-3)13(2)11-14/h4-6,8,10-11H,7,9H2,1-3H3,(H,22,23). The SMILES string of the molecule is COc1ccc(-c2nc3c(C)cccn3c2CCC(=O)O)cc1C. The van der Waals surface area contributed by atoms with Crippen molar-refractivity contribution in [3.8, 4) is 17.0 Å². The van der Waals surface area contributed by atoms with E-state index in [1.54, 1.807) is 7.11 Å². The summed E-state index contributed by atoms with van der Waals surface area (Å²) < 4.78 is 7.31. The van der Waals surface area contributed by atoms with Gasteiger partial charge in [0.2, 0.25) is 0 Å². The zero-order valence-corrected chi connectivity index (χ0v) is 14.0. The van der Waals surface area contributed by atoms with Crippen molar-refractivity contribution in [2.45, 2.75) is 26.7 Å². The lowest BCUT2D eigenvalue weighted by molar-refractivity contribution is -0.136. The van der Waals surface area contributed by atoms with Crippen LogP contribution in [0.15, 0.2) is 36.5 Å². The zero-order chi connectivity index (χ0) is 17.3. The second kappa shape index (κ2) is 6.35. The first-order valence-corrected chi connectivity index (χ1v) is 7.84. The number of hydrogen-bond donors (Lipinski definition) is 1. The van der Waals surface area contributed by atoms with E-state index in [0.717, 1.165) is 39.5 Å². The van der Waals surface area contributed by atoms with Crippen LogP contribution in [0.5, 0.6) is 5.75 Å². The summed E-state index contributed by atoms with van der Waals surface area (Å²) in [7, 11) is 1.65. The molecule has 0 aliphatic heterocycles. The highest BCUT2D eigenvalue weighted by molar-refractivity contribution is 5.71. The number of carboxylic acids is 1. The van der Waals surface area contributed by atoms with Gasteiger partial charge in [0.15, 0.2) is 0 Å². The lowest BCUT2D eigenvalue weighted by Gasteiger charge is -2.08. The fourth-order valence-corrected chi connectivity index (χ4v) is 2.97. The van der Waals surface area contributed by atoms with E-state index < -0.39 is 5.97 Å². The van der Waals surface area contributed by atoms with E-state index in [0.29, 0.717) is 6.42 Å². The molecule has 0 saturated carbocycles. The number of methoxy groups -OCH3 is 1. The third kappa shape index (κ3) is 2.85. The molecule has 0 atom stereocenters. The highest BCUT2D eigenvalue weighted by atomic mass is 16.5. The van der Waals surface area contributed by atoms with Crippen LogP contribution >= 0.6 is 0 Å². The number of ether oxygens (including phenoxy) is 1. The van der Waals surface area contributed by atoms with Crippen molar-refractivity contribution in [1.82, 2.24) is 9.38 Å². The Hall–Kier alpha value is -2.82. The average Bonchev–Trinajstić information content (AvgIpc) is 2.93. The summed E-state index contributed by atoms with van der Waals surface area (Å²) >= 11 is 0. The zero-order valence-electron chi connectivity index (χ0n) is 14.0. The number of carboxylic acid groups (broad SMARTS) is 1. The Balaban J connectivity index is 2.18. The number of nitrogens with zero attached hydrogens (tertiary/aromatic N) is 2. The van der Waals surface area contributed by atoms with Crippen molar-refractivity contribution in [2.24, 2.45) is 0 Å². The summed E-state index contributed by atoms with van der Waals surface area (Å²) in [5.74, 6) is 0.0141. The summed E-state index contributed by atoms with van der Waals surface area (Å²) in [6.45, 7) is 3.99. The number of rotatable bonds is 5. The summed E-state index contributed by atoms with van der Waals surface area (Å²) in [4.78, 5) is 15.8. The van der Waals surface area contributed by atoms with E-state index in [9.17, 15) is 4.79 Å². The number of hydrogen-bond acceptors (Lipinski definition) is 3. The van der Waals surface area contributed by atoms with Crippen molar-refractivity contribution < 1.29 is 14.6 Å². The van der Waals surface area contributed by atoms with Gasteiger partial charge in [-0.25, -0.2) is 4.98 Å². The summed E-state index contributed by atoms with van der Waals surface area (Å²) in [6, 6.07) is 9.87. The van der Waals surface area contributed by atoms with E-state index in [1.807, 2.05) is 54.8 Å². The monoisotopic (exact) mass is 324 g/mol. The third-order valence-corrected chi connectivity index (χ3v) is 4.19. The molecule has 24 heavy (non-hydrogen) atoms. The molecule has 5 nitrogen and oxygen atoms in total. The van der Waals surface area contributed by atoms with E-state index in [1.165, 1.54) is 0 Å². The van der Waals surface area contributed by atoms with Gasteiger partial charge >= 0.3 is 5.97 Å². The number of fused-ring (bicyclic) bond motifs is 1. The molecule has 0 radical (unpaired) electrons. The molecule has 0 spiro atoms. The van der Waals surface area contributed by atoms with Gasteiger partial charge in [-0.1, -0.05) is 6.07 Å². The van der Waals surface area contributed by atoms with E-state index in [-0.39, 0.29) is 6.42 Å². The smallest absolute Gasteiger partial charge is 0.303 e. The minimum atomic E-state index is -0.811. The molecular weight excluding hydrogens is 304 g/mol. The fourth-order valence-electron chi connectivity index (χ4n) is 2.97. The molecule has 0 unspecified atom stereocenters. The summed E-state index contributed by atoms with van der Waals surface area (Å²) in [5.41, 5.74) is 5.66. The lowest BCUT2D eigenvalue weighted by Crippen LogP contribution is -2.02. The van der Waals surface area contributed by atoms with Crippen LogP contribution < -0.4 is 4.74 Å². The number of imidazole rings is 1. The van der Waals surface area contributed by atoms with Crippen LogP contribution in [-0.2, 0) is 11.2 Å². The Morgan fingerprint density at radius 1 is 1.25 bits per heavy atom. The Morgan fingerprint density at radius 2 is 2.04 bits per heavy atom. The molecular formula is C19H20N2O3. The first kappa shape index (κ1) is 16.1. The minimum Gasteiger partial charge on any atom is -0.496 e.